The van der Waals surface area contributed by atoms with E-state index >= 15 is 0 Å². The summed E-state index contributed by atoms with van der Waals surface area (Å²) in [4.78, 5) is 0. The van der Waals surface area contributed by atoms with Gasteiger partial charge in [0.25, 0.3) is 0 Å². The van der Waals surface area contributed by atoms with Gasteiger partial charge in [-0.25, -0.2) is 0 Å². The molecule has 142 valence electrons. The van der Waals surface area contributed by atoms with Crippen LogP contribution in [0.2, 0.25) is 0 Å². The van der Waals surface area contributed by atoms with Gasteiger partial charge >= 0.3 is 0 Å². The number of aliphatic hydroxyl groups excluding tert-OH is 1. The Labute approximate surface area is 150 Å². The molecule has 0 aromatic rings. The van der Waals surface area contributed by atoms with E-state index in [4.69, 9.17) is 18.9 Å². The van der Waals surface area contributed by atoms with Crippen LogP contribution in [0.3, 0.4) is 0 Å². The molecule has 0 bridgehead atoms. The summed E-state index contributed by atoms with van der Waals surface area (Å²) < 4.78 is 24.7. The summed E-state index contributed by atoms with van der Waals surface area (Å²) in [6.45, 7) is 7.50. The van der Waals surface area contributed by atoms with Crippen molar-refractivity contribution in [2.24, 2.45) is 28.6 Å². The first-order valence-corrected chi connectivity index (χ1v) is 10.2. The topological polar surface area (TPSA) is 57.2 Å². The Balaban J connectivity index is 1.49. The lowest BCUT2D eigenvalue weighted by atomic mass is 9.48. The molecule has 3 aliphatic carbocycles. The molecule has 2 aliphatic heterocycles. The first-order valence-electron chi connectivity index (χ1n) is 10.2. The molecule has 0 amide bonds. The van der Waals surface area contributed by atoms with Crippen LogP contribution in [0, 0.1) is 28.6 Å². The average Bonchev–Trinajstić information content (AvgIpc) is 3.34. The van der Waals surface area contributed by atoms with Crippen LogP contribution < -0.4 is 0 Å². The third-order valence-electron chi connectivity index (χ3n) is 8.81. The van der Waals surface area contributed by atoms with Gasteiger partial charge < -0.3 is 24.1 Å². The minimum absolute atomic E-state index is 0.100. The summed E-state index contributed by atoms with van der Waals surface area (Å²) in [5.74, 6) is 0.718. The molecule has 5 fully saturated rings. The summed E-state index contributed by atoms with van der Waals surface area (Å²) in [6.07, 6.45) is 6.41. The zero-order valence-electron chi connectivity index (χ0n) is 15.6. The summed E-state index contributed by atoms with van der Waals surface area (Å²) in [6, 6.07) is 0. The molecule has 5 rings (SSSR count). The van der Waals surface area contributed by atoms with Gasteiger partial charge in [0.2, 0.25) is 0 Å². The average molecular weight is 352 g/mol. The van der Waals surface area contributed by atoms with Gasteiger partial charge in [-0.15, -0.1) is 0 Å². The van der Waals surface area contributed by atoms with Gasteiger partial charge in [0.05, 0.1) is 33.0 Å². The SMILES string of the molecule is C[C@]12CCC3[C@@H](CCC4(OCCO4)[C@]3(C)CO)[C@@H]1CCC21OCCO1. The van der Waals surface area contributed by atoms with Crippen molar-refractivity contribution in [2.45, 2.75) is 63.9 Å². The first-order chi connectivity index (χ1) is 12.0. The van der Waals surface area contributed by atoms with Gasteiger partial charge in [0.15, 0.2) is 11.6 Å². The molecular formula is C20H32O5. The monoisotopic (exact) mass is 352 g/mol. The van der Waals surface area contributed by atoms with Crippen molar-refractivity contribution in [3.8, 4) is 0 Å². The van der Waals surface area contributed by atoms with E-state index in [9.17, 15) is 5.11 Å². The van der Waals surface area contributed by atoms with Crippen LogP contribution in [0.4, 0.5) is 0 Å². The largest absolute Gasteiger partial charge is 0.396 e. The summed E-state index contributed by atoms with van der Waals surface area (Å²) in [7, 11) is 0. The maximum Gasteiger partial charge on any atom is 0.176 e. The Hall–Kier alpha value is -0.200. The second-order valence-electron chi connectivity index (χ2n) is 9.39. The van der Waals surface area contributed by atoms with Gasteiger partial charge in [-0.3, -0.25) is 0 Å². The zero-order chi connectivity index (χ0) is 17.3. The molecule has 5 nitrogen and oxygen atoms in total. The van der Waals surface area contributed by atoms with E-state index in [0.29, 0.717) is 31.0 Å². The summed E-state index contributed by atoms with van der Waals surface area (Å²) >= 11 is 0. The third kappa shape index (κ3) is 1.92. The quantitative estimate of drug-likeness (QED) is 0.786. The van der Waals surface area contributed by atoms with E-state index in [0.717, 1.165) is 45.3 Å². The number of aliphatic hydroxyl groups is 1. The lowest BCUT2D eigenvalue weighted by Crippen LogP contribution is -2.63. The number of ether oxygens (including phenoxy) is 4. The molecule has 5 atom stereocenters. The number of rotatable bonds is 1. The predicted octanol–water partition coefficient (Wildman–Crippen LogP) is 2.71. The molecule has 5 heteroatoms. The molecule has 3 saturated carbocycles. The highest BCUT2D eigenvalue weighted by Crippen LogP contribution is 2.69. The highest BCUT2D eigenvalue weighted by molar-refractivity contribution is 5.14. The van der Waals surface area contributed by atoms with E-state index in [1.807, 2.05) is 0 Å². The lowest BCUT2D eigenvalue weighted by molar-refractivity contribution is -0.307. The van der Waals surface area contributed by atoms with Crippen LogP contribution in [-0.2, 0) is 18.9 Å². The fourth-order valence-electron chi connectivity index (χ4n) is 7.46. The van der Waals surface area contributed by atoms with Gasteiger partial charge in [-0.1, -0.05) is 13.8 Å². The summed E-state index contributed by atoms with van der Waals surface area (Å²) in [5, 5.41) is 10.4. The molecule has 2 saturated heterocycles. The maximum absolute atomic E-state index is 10.4. The standard InChI is InChI=1S/C20H32O5/c1-17-6-4-16-14(15(17)5-8-19(17)22-9-10-23-19)3-7-20(18(16,2)13-21)24-11-12-25-20/h14-16,21H,3-13H2,1-2H3/t14-,15-,16?,17-,18+/m0/s1. The lowest BCUT2D eigenvalue weighted by Gasteiger charge is -2.61. The molecule has 0 radical (unpaired) electrons. The van der Waals surface area contributed by atoms with Gasteiger partial charge in [0, 0.05) is 23.7 Å². The van der Waals surface area contributed by atoms with Crippen molar-refractivity contribution >= 4 is 0 Å². The predicted molar refractivity (Wildman–Crippen MR) is 90.7 cm³/mol. The molecule has 0 aromatic heterocycles. The van der Waals surface area contributed by atoms with Crippen LogP contribution in [0.1, 0.15) is 52.4 Å². The Kier molecular flexibility index (Phi) is 3.67. The zero-order valence-corrected chi connectivity index (χ0v) is 15.6. The minimum atomic E-state index is -0.576. The Morgan fingerprint density at radius 2 is 1.32 bits per heavy atom. The smallest absolute Gasteiger partial charge is 0.176 e. The van der Waals surface area contributed by atoms with Gasteiger partial charge in [0.1, 0.15) is 0 Å². The first kappa shape index (κ1) is 16.9. The Bertz CT molecular complexity index is 538. The molecule has 0 aromatic carbocycles. The van der Waals surface area contributed by atoms with Crippen molar-refractivity contribution in [2.75, 3.05) is 33.0 Å². The van der Waals surface area contributed by atoms with Crippen LogP contribution in [-0.4, -0.2) is 49.7 Å². The van der Waals surface area contributed by atoms with Crippen molar-refractivity contribution < 1.29 is 24.1 Å². The van der Waals surface area contributed by atoms with Crippen LogP contribution >= 0.6 is 0 Å². The van der Waals surface area contributed by atoms with Crippen LogP contribution in [0.25, 0.3) is 0 Å². The molecule has 1 N–H and O–H groups in total. The van der Waals surface area contributed by atoms with E-state index in [-0.39, 0.29) is 23.2 Å². The maximum atomic E-state index is 10.4. The third-order valence-corrected chi connectivity index (χ3v) is 8.81. The molecule has 1 unspecified atom stereocenters. The highest BCUT2D eigenvalue weighted by Gasteiger charge is 2.70. The van der Waals surface area contributed by atoms with Crippen molar-refractivity contribution in [3.05, 3.63) is 0 Å². The molecule has 25 heavy (non-hydrogen) atoms. The highest BCUT2D eigenvalue weighted by atomic mass is 16.7. The fourth-order valence-corrected chi connectivity index (χ4v) is 7.46. The molecular weight excluding hydrogens is 320 g/mol. The Morgan fingerprint density at radius 3 is 1.96 bits per heavy atom. The van der Waals surface area contributed by atoms with Crippen LogP contribution in [0.5, 0.6) is 0 Å². The van der Waals surface area contributed by atoms with E-state index in [1.165, 1.54) is 6.42 Å². The molecule has 2 heterocycles. The van der Waals surface area contributed by atoms with Crippen molar-refractivity contribution in [1.82, 2.24) is 0 Å². The normalized spacial score (nSPS) is 50.3. The minimum Gasteiger partial charge on any atom is -0.396 e. The second kappa shape index (κ2) is 5.41. The number of hydrogen-bond acceptors (Lipinski definition) is 5. The molecule has 5 aliphatic rings. The number of hydrogen-bond donors (Lipinski definition) is 1. The molecule has 2 spiro atoms. The number of fused-ring (bicyclic) bond motifs is 4. The van der Waals surface area contributed by atoms with Gasteiger partial charge in [-0.05, 0) is 43.4 Å². The van der Waals surface area contributed by atoms with E-state index in [2.05, 4.69) is 13.8 Å². The van der Waals surface area contributed by atoms with E-state index in [1.54, 1.807) is 0 Å². The summed E-state index contributed by atoms with van der Waals surface area (Å²) in [5.41, 5.74) is -0.218. The van der Waals surface area contributed by atoms with Crippen LogP contribution in [0.15, 0.2) is 0 Å². The second-order valence-corrected chi connectivity index (χ2v) is 9.39. The van der Waals surface area contributed by atoms with Crippen molar-refractivity contribution in [1.29, 1.82) is 0 Å². The fraction of sp³-hybridized carbons (Fsp3) is 1.00. The van der Waals surface area contributed by atoms with Gasteiger partial charge in [-0.2, -0.15) is 0 Å². The van der Waals surface area contributed by atoms with E-state index < -0.39 is 5.79 Å². The van der Waals surface area contributed by atoms with Crippen molar-refractivity contribution in [3.63, 3.8) is 0 Å². The Morgan fingerprint density at radius 1 is 0.760 bits per heavy atom.